The van der Waals surface area contributed by atoms with Gasteiger partial charge in [0.2, 0.25) is 5.91 Å². The zero-order chi connectivity index (χ0) is 12.5. The van der Waals surface area contributed by atoms with Crippen LogP contribution in [0, 0.1) is 11.3 Å². The molecule has 1 aromatic heterocycles. The van der Waals surface area contributed by atoms with E-state index in [2.05, 4.69) is 6.07 Å². The Bertz CT molecular complexity index is 370. The molecule has 0 unspecified atom stereocenters. The maximum Gasteiger partial charge on any atom is 0.248 e. The SMILES string of the molecule is CN(CCC#N)C(=O)COCCc1cccs1. The van der Waals surface area contributed by atoms with E-state index in [1.165, 1.54) is 9.78 Å². The minimum atomic E-state index is -0.0774. The van der Waals surface area contributed by atoms with Gasteiger partial charge in [-0.3, -0.25) is 4.79 Å². The first-order valence-corrected chi connectivity index (χ1v) is 6.33. The lowest BCUT2D eigenvalue weighted by Crippen LogP contribution is -2.31. The van der Waals surface area contributed by atoms with E-state index < -0.39 is 0 Å². The van der Waals surface area contributed by atoms with Crippen molar-refractivity contribution in [2.45, 2.75) is 12.8 Å². The number of nitriles is 1. The van der Waals surface area contributed by atoms with E-state index in [1.807, 2.05) is 17.5 Å². The summed E-state index contributed by atoms with van der Waals surface area (Å²) in [5.74, 6) is -0.0774. The number of hydrogen-bond acceptors (Lipinski definition) is 4. The fourth-order valence-corrected chi connectivity index (χ4v) is 1.93. The average molecular weight is 252 g/mol. The molecule has 0 aliphatic heterocycles. The second-order valence-corrected chi connectivity index (χ2v) is 4.64. The monoisotopic (exact) mass is 252 g/mol. The molecule has 0 aliphatic carbocycles. The highest BCUT2D eigenvalue weighted by molar-refractivity contribution is 7.09. The minimum Gasteiger partial charge on any atom is -0.371 e. The van der Waals surface area contributed by atoms with E-state index >= 15 is 0 Å². The van der Waals surface area contributed by atoms with Crippen LogP contribution in [-0.2, 0) is 16.0 Å². The van der Waals surface area contributed by atoms with Crippen molar-refractivity contribution >= 4 is 17.2 Å². The van der Waals surface area contributed by atoms with Crippen LogP contribution in [0.2, 0.25) is 0 Å². The standard InChI is InChI=1S/C12H16N2O2S/c1-14(7-3-6-13)12(15)10-16-8-5-11-4-2-9-17-11/h2,4,9H,3,5,7-8,10H2,1H3. The molecule has 0 saturated carbocycles. The van der Waals surface area contributed by atoms with Gasteiger partial charge >= 0.3 is 0 Å². The Kier molecular flexibility index (Phi) is 6.30. The summed E-state index contributed by atoms with van der Waals surface area (Å²) in [4.78, 5) is 14.3. The van der Waals surface area contributed by atoms with Gasteiger partial charge < -0.3 is 9.64 Å². The number of nitrogens with zero attached hydrogens (tertiary/aromatic N) is 2. The van der Waals surface area contributed by atoms with Gasteiger partial charge in [-0.2, -0.15) is 5.26 Å². The van der Waals surface area contributed by atoms with Crippen LogP contribution in [0.5, 0.6) is 0 Å². The van der Waals surface area contributed by atoms with Crippen LogP contribution in [0.1, 0.15) is 11.3 Å². The number of likely N-dealkylation sites (N-methyl/N-ethyl adjacent to an activating group) is 1. The van der Waals surface area contributed by atoms with Crippen molar-refractivity contribution in [3.05, 3.63) is 22.4 Å². The van der Waals surface area contributed by atoms with Gasteiger partial charge in [-0.25, -0.2) is 0 Å². The molecule has 5 heteroatoms. The quantitative estimate of drug-likeness (QED) is 0.694. The lowest BCUT2D eigenvalue weighted by molar-refractivity contribution is -0.134. The predicted octanol–water partition coefficient (Wildman–Crippen LogP) is 1.68. The Hall–Kier alpha value is -1.38. The number of amides is 1. The number of thiophene rings is 1. The summed E-state index contributed by atoms with van der Waals surface area (Å²) >= 11 is 1.69. The molecule has 0 N–H and O–H groups in total. The highest BCUT2D eigenvalue weighted by Crippen LogP contribution is 2.08. The molecule has 4 nitrogen and oxygen atoms in total. The van der Waals surface area contributed by atoms with Gasteiger partial charge in [0.15, 0.2) is 0 Å². The second kappa shape index (κ2) is 7.82. The molecule has 1 aromatic rings. The van der Waals surface area contributed by atoms with Crippen molar-refractivity contribution in [2.75, 3.05) is 26.8 Å². The fourth-order valence-electron chi connectivity index (χ4n) is 1.24. The van der Waals surface area contributed by atoms with E-state index in [9.17, 15) is 4.79 Å². The van der Waals surface area contributed by atoms with Crippen LogP contribution in [0.15, 0.2) is 17.5 Å². The number of ether oxygens (including phenoxy) is 1. The van der Waals surface area contributed by atoms with Gasteiger partial charge in [-0.05, 0) is 11.4 Å². The minimum absolute atomic E-state index is 0.0774. The topological polar surface area (TPSA) is 53.3 Å². The summed E-state index contributed by atoms with van der Waals surface area (Å²) < 4.78 is 5.30. The molecule has 0 spiro atoms. The highest BCUT2D eigenvalue weighted by atomic mass is 32.1. The van der Waals surface area contributed by atoms with E-state index in [4.69, 9.17) is 10.00 Å². The van der Waals surface area contributed by atoms with Crippen molar-refractivity contribution in [1.29, 1.82) is 5.26 Å². The van der Waals surface area contributed by atoms with Crippen molar-refractivity contribution in [3.8, 4) is 6.07 Å². The summed E-state index contributed by atoms with van der Waals surface area (Å²) in [7, 11) is 1.68. The molecule has 0 fully saturated rings. The Morgan fingerprint density at radius 1 is 1.65 bits per heavy atom. The fraction of sp³-hybridized carbons (Fsp3) is 0.500. The Balaban J connectivity index is 2.09. The molecule has 17 heavy (non-hydrogen) atoms. The molecular formula is C12H16N2O2S. The third-order valence-electron chi connectivity index (χ3n) is 2.28. The average Bonchev–Trinajstić information content (AvgIpc) is 2.84. The summed E-state index contributed by atoms with van der Waals surface area (Å²) in [5, 5.41) is 10.4. The zero-order valence-electron chi connectivity index (χ0n) is 9.89. The maximum atomic E-state index is 11.5. The van der Waals surface area contributed by atoms with Crippen LogP contribution < -0.4 is 0 Å². The second-order valence-electron chi connectivity index (χ2n) is 3.61. The van der Waals surface area contributed by atoms with E-state index in [1.54, 1.807) is 18.4 Å². The lowest BCUT2D eigenvalue weighted by atomic mass is 10.4. The van der Waals surface area contributed by atoms with E-state index in [-0.39, 0.29) is 12.5 Å². The van der Waals surface area contributed by atoms with Gasteiger partial charge in [0, 0.05) is 24.9 Å². The highest BCUT2D eigenvalue weighted by Gasteiger charge is 2.07. The van der Waals surface area contributed by atoms with Gasteiger partial charge in [0.05, 0.1) is 19.1 Å². The van der Waals surface area contributed by atoms with Gasteiger partial charge in [-0.1, -0.05) is 6.07 Å². The van der Waals surface area contributed by atoms with Crippen molar-refractivity contribution < 1.29 is 9.53 Å². The summed E-state index contributed by atoms with van der Waals surface area (Å²) in [5.41, 5.74) is 0. The van der Waals surface area contributed by atoms with Gasteiger partial charge in [0.1, 0.15) is 6.61 Å². The molecular weight excluding hydrogens is 236 g/mol. The lowest BCUT2D eigenvalue weighted by Gasteiger charge is -2.15. The number of rotatable bonds is 7. The van der Waals surface area contributed by atoms with Gasteiger partial charge in [-0.15, -0.1) is 11.3 Å². The van der Waals surface area contributed by atoms with Crippen molar-refractivity contribution in [1.82, 2.24) is 4.90 Å². The maximum absolute atomic E-state index is 11.5. The molecule has 0 saturated heterocycles. The predicted molar refractivity (Wildman–Crippen MR) is 66.7 cm³/mol. The van der Waals surface area contributed by atoms with Gasteiger partial charge in [0.25, 0.3) is 0 Å². The van der Waals surface area contributed by atoms with E-state index in [0.29, 0.717) is 19.6 Å². The van der Waals surface area contributed by atoms with Crippen LogP contribution >= 0.6 is 11.3 Å². The molecule has 0 radical (unpaired) electrons. The number of carbonyl (C=O) groups is 1. The molecule has 92 valence electrons. The Morgan fingerprint density at radius 2 is 2.47 bits per heavy atom. The Labute approximate surface area is 105 Å². The summed E-state index contributed by atoms with van der Waals surface area (Å²) in [6, 6.07) is 6.06. The number of carbonyl (C=O) groups excluding carboxylic acids is 1. The third-order valence-corrected chi connectivity index (χ3v) is 3.22. The first-order valence-electron chi connectivity index (χ1n) is 5.45. The summed E-state index contributed by atoms with van der Waals surface area (Å²) in [6.07, 6.45) is 1.20. The van der Waals surface area contributed by atoms with Crippen LogP contribution in [0.3, 0.4) is 0 Å². The smallest absolute Gasteiger partial charge is 0.248 e. The Morgan fingerprint density at radius 3 is 3.12 bits per heavy atom. The molecule has 1 heterocycles. The van der Waals surface area contributed by atoms with Crippen LogP contribution in [0.4, 0.5) is 0 Å². The molecule has 1 rings (SSSR count). The molecule has 0 atom stereocenters. The van der Waals surface area contributed by atoms with Crippen LogP contribution in [-0.4, -0.2) is 37.6 Å². The third kappa shape index (κ3) is 5.48. The zero-order valence-corrected chi connectivity index (χ0v) is 10.7. The summed E-state index contributed by atoms with van der Waals surface area (Å²) in [6.45, 7) is 1.11. The molecule has 0 bridgehead atoms. The van der Waals surface area contributed by atoms with Crippen molar-refractivity contribution in [2.24, 2.45) is 0 Å². The molecule has 1 amide bonds. The first kappa shape index (κ1) is 13.7. The van der Waals surface area contributed by atoms with Crippen molar-refractivity contribution in [3.63, 3.8) is 0 Å². The van der Waals surface area contributed by atoms with Crippen LogP contribution in [0.25, 0.3) is 0 Å². The number of hydrogen-bond donors (Lipinski definition) is 0. The van der Waals surface area contributed by atoms with E-state index in [0.717, 1.165) is 6.42 Å². The molecule has 0 aliphatic rings. The largest absolute Gasteiger partial charge is 0.371 e. The normalized spacial score (nSPS) is 9.88. The molecule has 0 aromatic carbocycles. The first-order chi connectivity index (χ1) is 8.24.